The minimum absolute atomic E-state index is 0.313. The van der Waals surface area contributed by atoms with Crippen molar-refractivity contribution in [3.05, 3.63) is 17.6 Å². The Morgan fingerprint density at radius 1 is 1.39 bits per heavy atom. The highest BCUT2D eigenvalue weighted by atomic mass is 32.2. The lowest BCUT2D eigenvalue weighted by molar-refractivity contribution is 0.589. The normalized spacial score (nSPS) is 11.8. The first-order valence-corrected chi connectivity index (χ1v) is 8.04. The molecule has 4 N–H and O–H groups in total. The SMILES string of the molecule is CS(=O)(=O)NCCNc1ccc2scnc2c1N. The molecule has 0 bridgehead atoms. The Labute approximate surface area is 109 Å². The van der Waals surface area contributed by atoms with E-state index in [2.05, 4.69) is 15.0 Å². The highest BCUT2D eigenvalue weighted by Gasteiger charge is 2.06. The van der Waals surface area contributed by atoms with Crippen molar-refractivity contribution in [2.45, 2.75) is 0 Å². The molecule has 0 unspecified atom stereocenters. The van der Waals surface area contributed by atoms with Crippen molar-refractivity contribution < 1.29 is 8.42 Å². The van der Waals surface area contributed by atoms with Crippen molar-refractivity contribution >= 4 is 43.0 Å². The summed E-state index contributed by atoms with van der Waals surface area (Å²) in [6.07, 6.45) is 1.13. The minimum atomic E-state index is -3.15. The second kappa shape index (κ2) is 5.09. The van der Waals surface area contributed by atoms with E-state index in [1.807, 2.05) is 12.1 Å². The van der Waals surface area contributed by atoms with Crippen LogP contribution in [0.4, 0.5) is 11.4 Å². The van der Waals surface area contributed by atoms with Gasteiger partial charge < -0.3 is 11.1 Å². The van der Waals surface area contributed by atoms with Gasteiger partial charge in [-0.15, -0.1) is 11.3 Å². The fraction of sp³-hybridized carbons (Fsp3) is 0.300. The van der Waals surface area contributed by atoms with Crippen LogP contribution in [-0.4, -0.2) is 32.7 Å². The third kappa shape index (κ3) is 3.09. The van der Waals surface area contributed by atoms with Crippen LogP contribution in [-0.2, 0) is 10.0 Å². The number of rotatable bonds is 5. The Morgan fingerprint density at radius 2 is 2.17 bits per heavy atom. The van der Waals surface area contributed by atoms with E-state index in [1.165, 1.54) is 11.3 Å². The van der Waals surface area contributed by atoms with E-state index in [0.29, 0.717) is 18.8 Å². The Hall–Kier alpha value is -1.38. The topological polar surface area (TPSA) is 97.1 Å². The zero-order valence-electron chi connectivity index (χ0n) is 9.80. The van der Waals surface area contributed by atoms with Gasteiger partial charge >= 0.3 is 0 Å². The lowest BCUT2D eigenvalue weighted by atomic mass is 10.2. The third-order valence-corrected chi connectivity index (χ3v) is 3.87. The highest BCUT2D eigenvalue weighted by Crippen LogP contribution is 2.29. The van der Waals surface area contributed by atoms with E-state index in [9.17, 15) is 8.42 Å². The summed E-state index contributed by atoms with van der Waals surface area (Å²) >= 11 is 1.53. The fourth-order valence-electron chi connectivity index (χ4n) is 1.54. The maximum atomic E-state index is 10.9. The lowest BCUT2D eigenvalue weighted by Crippen LogP contribution is -2.27. The van der Waals surface area contributed by atoms with Gasteiger partial charge in [-0.05, 0) is 12.1 Å². The first kappa shape index (κ1) is 13.1. The van der Waals surface area contributed by atoms with Gasteiger partial charge in [0.15, 0.2) is 0 Å². The smallest absolute Gasteiger partial charge is 0.208 e. The summed E-state index contributed by atoms with van der Waals surface area (Å²) in [5.41, 5.74) is 9.86. The van der Waals surface area contributed by atoms with E-state index in [1.54, 1.807) is 5.51 Å². The molecule has 0 atom stereocenters. The molecule has 6 nitrogen and oxygen atoms in total. The van der Waals surface area contributed by atoms with Crippen LogP contribution in [0.3, 0.4) is 0 Å². The number of benzene rings is 1. The van der Waals surface area contributed by atoms with Gasteiger partial charge in [0.05, 0.1) is 27.8 Å². The van der Waals surface area contributed by atoms with Crippen LogP contribution < -0.4 is 15.8 Å². The zero-order valence-corrected chi connectivity index (χ0v) is 11.4. The second-order valence-corrected chi connectivity index (χ2v) is 6.54. The van der Waals surface area contributed by atoms with Crippen LogP contribution in [0, 0.1) is 0 Å². The Morgan fingerprint density at radius 3 is 2.89 bits per heavy atom. The molecule has 8 heteroatoms. The maximum absolute atomic E-state index is 10.9. The predicted molar refractivity (Wildman–Crippen MR) is 75.4 cm³/mol. The highest BCUT2D eigenvalue weighted by molar-refractivity contribution is 7.88. The molecule has 0 saturated heterocycles. The molecule has 0 spiro atoms. The van der Waals surface area contributed by atoms with Crippen LogP contribution in [0.2, 0.25) is 0 Å². The summed E-state index contributed by atoms with van der Waals surface area (Å²) in [6.45, 7) is 0.778. The molecule has 98 valence electrons. The second-order valence-electron chi connectivity index (χ2n) is 3.82. The summed E-state index contributed by atoms with van der Waals surface area (Å²) in [5.74, 6) is 0. The number of hydrogen-bond acceptors (Lipinski definition) is 6. The van der Waals surface area contributed by atoms with Crippen molar-refractivity contribution in [2.75, 3.05) is 30.4 Å². The molecule has 1 heterocycles. The number of nitrogens with one attached hydrogen (secondary N) is 2. The lowest BCUT2D eigenvalue weighted by Gasteiger charge is -2.09. The summed E-state index contributed by atoms with van der Waals surface area (Å²) in [4.78, 5) is 4.19. The van der Waals surface area contributed by atoms with Crippen molar-refractivity contribution in [3.63, 3.8) is 0 Å². The van der Waals surface area contributed by atoms with Crippen molar-refractivity contribution in [1.29, 1.82) is 0 Å². The van der Waals surface area contributed by atoms with Crippen LogP contribution in [0.5, 0.6) is 0 Å². The number of anilines is 2. The third-order valence-electron chi connectivity index (χ3n) is 2.35. The van der Waals surface area contributed by atoms with Crippen LogP contribution in [0.1, 0.15) is 0 Å². The largest absolute Gasteiger partial charge is 0.395 e. The summed E-state index contributed by atoms with van der Waals surface area (Å²) in [6, 6.07) is 3.81. The van der Waals surface area contributed by atoms with Crippen molar-refractivity contribution in [3.8, 4) is 0 Å². The molecule has 1 aromatic heterocycles. The van der Waals surface area contributed by atoms with E-state index >= 15 is 0 Å². The van der Waals surface area contributed by atoms with Gasteiger partial charge in [-0.3, -0.25) is 0 Å². The fourth-order valence-corrected chi connectivity index (χ4v) is 2.71. The molecule has 0 aliphatic carbocycles. The molecular weight excluding hydrogens is 272 g/mol. The number of fused-ring (bicyclic) bond motifs is 1. The van der Waals surface area contributed by atoms with Gasteiger partial charge in [-0.25, -0.2) is 18.1 Å². The number of nitrogens with two attached hydrogens (primary N) is 1. The van der Waals surface area contributed by atoms with E-state index < -0.39 is 10.0 Å². The van der Waals surface area contributed by atoms with Gasteiger partial charge in [-0.1, -0.05) is 0 Å². The molecule has 0 aliphatic heterocycles. The van der Waals surface area contributed by atoms with E-state index in [4.69, 9.17) is 5.73 Å². The van der Waals surface area contributed by atoms with Gasteiger partial charge in [-0.2, -0.15) is 0 Å². The van der Waals surface area contributed by atoms with Crippen LogP contribution in [0.15, 0.2) is 17.6 Å². The predicted octanol–water partition coefficient (Wildman–Crippen LogP) is 0.840. The van der Waals surface area contributed by atoms with Crippen molar-refractivity contribution in [2.24, 2.45) is 0 Å². The minimum Gasteiger partial charge on any atom is -0.395 e. The van der Waals surface area contributed by atoms with E-state index in [-0.39, 0.29) is 0 Å². The molecule has 0 amide bonds. The molecule has 1 aromatic carbocycles. The molecule has 0 fully saturated rings. The monoisotopic (exact) mass is 286 g/mol. The summed E-state index contributed by atoms with van der Waals surface area (Å²) < 4.78 is 25.2. The van der Waals surface area contributed by atoms with Gasteiger partial charge in [0.1, 0.15) is 5.52 Å². The van der Waals surface area contributed by atoms with Gasteiger partial charge in [0.2, 0.25) is 10.0 Å². The molecule has 0 saturated carbocycles. The number of sulfonamides is 1. The molecular formula is C10H14N4O2S2. The Kier molecular flexibility index (Phi) is 3.69. The summed E-state index contributed by atoms with van der Waals surface area (Å²) in [7, 11) is -3.15. The average molecular weight is 286 g/mol. The molecule has 0 aliphatic rings. The van der Waals surface area contributed by atoms with E-state index in [0.717, 1.165) is 22.2 Å². The van der Waals surface area contributed by atoms with Crippen LogP contribution in [0.25, 0.3) is 10.2 Å². The number of aromatic nitrogens is 1. The summed E-state index contributed by atoms with van der Waals surface area (Å²) in [5, 5.41) is 3.08. The molecule has 18 heavy (non-hydrogen) atoms. The zero-order chi connectivity index (χ0) is 13.2. The standard InChI is InChI=1S/C10H14N4O2S2/c1-18(15,16)14-5-4-12-7-2-3-8-10(9(7)11)13-6-17-8/h2-3,6,12,14H,4-5,11H2,1H3. The quantitative estimate of drug-likeness (QED) is 0.559. The number of thiazole rings is 1. The maximum Gasteiger partial charge on any atom is 0.208 e. The van der Waals surface area contributed by atoms with Crippen LogP contribution >= 0.6 is 11.3 Å². The molecule has 0 radical (unpaired) electrons. The van der Waals surface area contributed by atoms with Gasteiger partial charge in [0.25, 0.3) is 0 Å². The molecule has 2 aromatic rings. The van der Waals surface area contributed by atoms with Crippen molar-refractivity contribution in [1.82, 2.24) is 9.71 Å². The first-order valence-electron chi connectivity index (χ1n) is 5.27. The number of nitrogen functional groups attached to an aromatic ring is 1. The number of nitrogens with zero attached hydrogens (tertiary/aromatic N) is 1. The first-order chi connectivity index (χ1) is 8.47. The Balaban J connectivity index is 2.01. The average Bonchev–Trinajstić information content (AvgIpc) is 2.74. The molecule has 2 rings (SSSR count). The number of hydrogen-bond donors (Lipinski definition) is 3. The van der Waals surface area contributed by atoms with Gasteiger partial charge in [0, 0.05) is 13.1 Å². The Bertz CT molecular complexity index is 651.